The molecule has 1 aromatic heterocycles. The summed E-state index contributed by atoms with van der Waals surface area (Å²) in [6.45, 7) is 4.29. The van der Waals surface area contributed by atoms with E-state index < -0.39 is 0 Å². The van der Waals surface area contributed by atoms with Crippen molar-refractivity contribution >= 4 is 22.1 Å². The molecule has 0 amide bonds. The lowest BCUT2D eigenvalue weighted by atomic mass is 10.1. The van der Waals surface area contributed by atoms with Crippen LogP contribution in [0.25, 0.3) is 10.8 Å². The van der Waals surface area contributed by atoms with E-state index >= 15 is 0 Å². The molecule has 0 radical (unpaired) electrons. The fourth-order valence-corrected chi connectivity index (χ4v) is 4.54. The standard InChI is InChI=1S/C20H21NOS/c1-14-12-17-19(10-11-21(2)13-20(17)23-14)22-18-9-5-7-15-6-3-4-8-16(15)18/h3-9,12,19H,10-11,13H2,1-2H3. The Morgan fingerprint density at radius 3 is 2.87 bits per heavy atom. The van der Waals surface area contributed by atoms with Crippen LogP contribution < -0.4 is 4.74 Å². The van der Waals surface area contributed by atoms with Gasteiger partial charge in [-0.05, 0) is 31.5 Å². The first-order valence-corrected chi connectivity index (χ1v) is 8.94. The van der Waals surface area contributed by atoms with Crippen molar-refractivity contribution in [1.29, 1.82) is 0 Å². The van der Waals surface area contributed by atoms with Gasteiger partial charge in [-0.15, -0.1) is 11.3 Å². The molecule has 0 bridgehead atoms. The van der Waals surface area contributed by atoms with E-state index in [1.807, 2.05) is 11.3 Å². The first-order chi connectivity index (χ1) is 11.2. The molecule has 0 saturated heterocycles. The van der Waals surface area contributed by atoms with Crippen LogP contribution in [0.4, 0.5) is 0 Å². The highest BCUT2D eigenvalue weighted by Crippen LogP contribution is 2.37. The number of thiophene rings is 1. The van der Waals surface area contributed by atoms with Crippen LogP contribution in [0.3, 0.4) is 0 Å². The van der Waals surface area contributed by atoms with Crippen LogP contribution in [0.1, 0.15) is 27.8 Å². The quantitative estimate of drug-likeness (QED) is 0.645. The van der Waals surface area contributed by atoms with Crippen molar-refractivity contribution in [2.24, 2.45) is 0 Å². The minimum absolute atomic E-state index is 0.144. The molecule has 3 heteroatoms. The molecular formula is C20H21NOS. The summed E-state index contributed by atoms with van der Waals surface area (Å²) in [5, 5.41) is 2.43. The minimum atomic E-state index is 0.144. The first-order valence-electron chi connectivity index (χ1n) is 8.13. The molecule has 0 spiro atoms. The molecule has 1 aliphatic heterocycles. The predicted octanol–water partition coefficient (Wildman–Crippen LogP) is 5.17. The number of aryl methyl sites for hydroxylation is 1. The second kappa shape index (κ2) is 5.99. The Labute approximate surface area is 141 Å². The average molecular weight is 323 g/mol. The Kier molecular flexibility index (Phi) is 3.83. The van der Waals surface area contributed by atoms with Crippen molar-refractivity contribution in [3.63, 3.8) is 0 Å². The van der Waals surface area contributed by atoms with Crippen molar-refractivity contribution in [2.45, 2.75) is 26.0 Å². The van der Waals surface area contributed by atoms with Crippen molar-refractivity contribution < 1.29 is 4.74 Å². The summed E-state index contributed by atoms with van der Waals surface area (Å²) in [6, 6.07) is 17.1. The second-order valence-corrected chi connectivity index (χ2v) is 7.69. The SMILES string of the molecule is Cc1cc2c(s1)CN(C)CCC2Oc1cccc2ccccc12. The molecule has 118 valence electrons. The van der Waals surface area contributed by atoms with Crippen LogP contribution in [0, 0.1) is 6.92 Å². The van der Waals surface area contributed by atoms with E-state index in [2.05, 4.69) is 67.4 Å². The highest BCUT2D eigenvalue weighted by atomic mass is 32.1. The number of hydrogen-bond acceptors (Lipinski definition) is 3. The van der Waals surface area contributed by atoms with Gasteiger partial charge in [0.15, 0.2) is 0 Å². The van der Waals surface area contributed by atoms with Crippen molar-refractivity contribution in [3.05, 3.63) is 63.8 Å². The van der Waals surface area contributed by atoms with Crippen LogP contribution >= 0.6 is 11.3 Å². The van der Waals surface area contributed by atoms with E-state index in [4.69, 9.17) is 4.74 Å². The van der Waals surface area contributed by atoms with Crippen LogP contribution in [0.2, 0.25) is 0 Å². The van der Waals surface area contributed by atoms with Gasteiger partial charge < -0.3 is 9.64 Å². The maximum absolute atomic E-state index is 6.52. The summed E-state index contributed by atoms with van der Waals surface area (Å²) < 4.78 is 6.52. The van der Waals surface area contributed by atoms with Crippen LogP contribution in [-0.4, -0.2) is 18.5 Å². The maximum Gasteiger partial charge on any atom is 0.128 e. The van der Waals surface area contributed by atoms with E-state index in [1.165, 1.54) is 26.1 Å². The zero-order valence-corrected chi connectivity index (χ0v) is 14.4. The Bertz CT molecular complexity index is 833. The van der Waals surface area contributed by atoms with E-state index in [0.29, 0.717) is 0 Å². The molecule has 1 atom stereocenters. The van der Waals surface area contributed by atoms with Gasteiger partial charge in [-0.25, -0.2) is 0 Å². The highest BCUT2D eigenvalue weighted by molar-refractivity contribution is 7.12. The molecule has 23 heavy (non-hydrogen) atoms. The smallest absolute Gasteiger partial charge is 0.128 e. The lowest BCUT2D eigenvalue weighted by Crippen LogP contribution is -2.18. The molecule has 4 rings (SSSR count). The zero-order chi connectivity index (χ0) is 15.8. The van der Waals surface area contributed by atoms with Gasteiger partial charge in [0.25, 0.3) is 0 Å². The molecule has 1 aliphatic rings. The molecule has 1 unspecified atom stereocenters. The number of benzene rings is 2. The summed E-state index contributed by atoms with van der Waals surface area (Å²) >= 11 is 1.90. The summed E-state index contributed by atoms with van der Waals surface area (Å²) in [7, 11) is 2.19. The molecule has 2 aromatic carbocycles. The van der Waals surface area contributed by atoms with Gasteiger partial charge >= 0.3 is 0 Å². The van der Waals surface area contributed by atoms with Crippen molar-refractivity contribution in [1.82, 2.24) is 4.90 Å². The van der Waals surface area contributed by atoms with Gasteiger partial charge in [0.2, 0.25) is 0 Å². The number of fused-ring (bicyclic) bond motifs is 2. The van der Waals surface area contributed by atoms with Gasteiger partial charge in [0.05, 0.1) is 0 Å². The molecule has 0 N–H and O–H groups in total. The van der Waals surface area contributed by atoms with Gasteiger partial charge in [-0.1, -0.05) is 36.4 Å². The van der Waals surface area contributed by atoms with Crippen LogP contribution in [0.15, 0.2) is 48.5 Å². The fraction of sp³-hybridized carbons (Fsp3) is 0.300. The Hall–Kier alpha value is -1.84. The average Bonchev–Trinajstić information content (AvgIpc) is 2.85. The van der Waals surface area contributed by atoms with E-state index in [9.17, 15) is 0 Å². The molecule has 0 saturated carbocycles. The Morgan fingerprint density at radius 2 is 1.96 bits per heavy atom. The Balaban J connectivity index is 1.73. The number of hydrogen-bond donors (Lipinski definition) is 0. The lowest BCUT2D eigenvalue weighted by Gasteiger charge is -2.19. The van der Waals surface area contributed by atoms with E-state index in [0.717, 1.165) is 25.3 Å². The van der Waals surface area contributed by atoms with E-state index in [1.54, 1.807) is 0 Å². The largest absolute Gasteiger partial charge is 0.485 e. The third kappa shape index (κ3) is 2.87. The summed E-state index contributed by atoms with van der Waals surface area (Å²) in [4.78, 5) is 5.21. The Morgan fingerprint density at radius 1 is 1.13 bits per heavy atom. The third-order valence-electron chi connectivity index (χ3n) is 4.52. The van der Waals surface area contributed by atoms with Crippen molar-refractivity contribution in [2.75, 3.05) is 13.6 Å². The fourth-order valence-electron chi connectivity index (χ4n) is 3.37. The molecule has 0 aliphatic carbocycles. The maximum atomic E-state index is 6.52. The summed E-state index contributed by atoms with van der Waals surface area (Å²) in [6.07, 6.45) is 1.17. The topological polar surface area (TPSA) is 12.5 Å². The highest BCUT2D eigenvalue weighted by Gasteiger charge is 2.24. The van der Waals surface area contributed by atoms with Gasteiger partial charge in [0.1, 0.15) is 11.9 Å². The molecule has 0 fully saturated rings. The van der Waals surface area contributed by atoms with Gasteiger partial charge in [0, 0.05) is 40.2 Å². The second-order valence-electron chi connectivity index (χ2n) is 6.35. The molecular weight excluding hydrogens is 302 g/mol. The van der Waals surface area contributed by atoms with Gasteiger partial charge in [-0.3, -0.25) is 0 Å². The molecule has 2 heterocycles. The number of rotatable bonds is 2. The normalized spacial score (nSPS) is 18.6. The molecule has 3 aromatic rings. The minimum Gasteiger partial charge on any atom is -0.485 e. The lowest BCUT2D eigenvalue weighted by molar-refractivity contribution is 0.185. The van der Waals surface area contributed by atoms with Crippen molar-refractivity contribution in [3.8, 4) is 5.75 Å². The summed E-state index contributed by atoms with van der Waals surface area (Å²) in [5.41, 5.74) is 1.38. The number of nitrogens with zero attached hydrogens (tertiary/aromatic N) is 1. The third-order valence-corrected chi connectivity index (χ3v) is 5.57. The monoisotopic (exact) mass is 323 g/mol. The molecule has 2 nitrogen and oxygen atoms in total. The predicted molar refractivity (Wildman–Crippen MR) is 97.3 cm³/mol. The summed E-state index contributed by atoms with van der Waals surface area (Å²) in [5.74, 6) is 0.993. The van der Waals surface area contributed by atoms with Crippen LogP contribution in [-0.2, 0) is 6.54 Å². The number of ether oxygens (including phenoxy) is 1. The zero-order valence-electron chi connectivity index (χ0n) is 13.6. The van der Waals surface area contributed by atoms with E-state index in [-0.39, 0.29) is 6.10 Å². The van der Waals surface area contributed by atoms with Crippen LogP contribution in [0.5, 0.6) is 5.75 Å². The van der Waals surface area contributed by atoms with Gasteiger partial charge in [-0.2, -0.15) is 0 Å². The first kappa shape index (κ1) is 14.7.